The highest BCUT2D eigenvalue weighted by Crippen LogP contribution is 2.32. The lowest BCUT2D eigenvalue weighted by molar-refractivity contribution is 0.116. The second-order valence-corrected chi connectivity index (χ2v) is 6.05. The van der Waals surface area contributed by atoms with Gasteiger partial charge in [0, 0.05) is 25.1 Å². The average molecular weight is 263 g/mol. The molecule has 3 rings (SSSR count). The second-order valence-electron chi connectivity index (χ2n) is 6.05. The maximum absolute atomic E-state index is 5.55. The van der Waals surface area contributed by atoms with E-state index in [1.807, 2.05) is 0 Å². The summed E-state index contributed by atoms with van der Waals surface area (Å²) >= 11 is 0. The molecule has 2 aliphatic rings. The monoisotopic (exact) mass is 263 g/mol. The third kappa shape index (κ3) is 2.70. The van der Waals surface area contributed by atoms with Crippen molar-refractivity contribution in [3.63, 3.8) is 0 Å². The van der Waals surface area contributed by atoms with Crippen LogP contribution in [-0.4, -0.2) is 47.8 Å². The molecule has 2 aliphatic heterocycles. The summed E-state index contributed by atoms with van der Waals surface area (Å²) in [5.41, 5.74) is 1.12. The highest BCUT2D eigenvalue weighted by atomic mass is 16.5. The number of likely N-dealkylation sites (tertiary alicyclic amines) is 2. The van der Waals surface area contributed by atoms with Crippen LogP contribution in [0.25, 0.3) is 0 Å². The molecule has 0 saturated carbocycles. The van der Waals surface area contributed by atoms with E-state index in [1.54, 1.807) is 0 Å². The van der Waals surface area contributed by atoms with E-state index in [0.29, 0.717) is 12.1 Å². The van der Waals surface area contributed by atoms with Gasteiger partial charge in [-0.1, -0.05) is 18.5 Å². The molecular weight excluding hydrogens is 238 g/mol. The van der Waals surface area contributed by atoms with Crippen molar-refractivity contribution < 1.29 is 4.52 Å². The van der Waals surface area contributed by atoms with Crippen molar-refractivity contribution in [3.05, 3.63) is 17.5 Å². The van der Waals surface area contributed by atoms with Crippen LogP contribution in [0.3, 0.4) is 0 Å². The quantitative estimate of drug-likeness (QED) is 0.835. The van der Waals surface area contributed by atoms with E-state index in [2.05, 4.69) is 35.0 Å². The third-order valence-electron chi connectivity index (χ3n) is 4.61. The third-order valence-corrected chi connectivity index (χ3v) is 4.61. The van der Waals surface area contributed by atoms with Gasteiger partial charge in [0.2, 0.25) is 0 Å². The Hall–Kier alpha value is -0.870. The summed E-state index contributed by atoms with van der Waals surface area (Å²) in [6.45, 7) is 5.76. The fourth-order valence-electron chi connectivity index (χ4n) is 3.54. The molecule has 4 heteroatoms. The lowest BCUT2D eigenvalue weighted by atomic mass is 10.1. The van der Waals surface area contributed by atoms with E-state index in [-0.39, 0.29) is 0 Å². The Balaban J connectivity index is 1.61. The largest absolute Gasteiger partial charge is 0.361 e. The minimum atomic E-state index is 0.548. The Kier molecular flexibility index (Phi) is 3.89. The molecule has 2 saturated heterocycles. The van der Waals surface area contributed by atoms with Crippen LogP contribution in [0.5, 0.6) is 0 Å². The van der Waals surface area contributed by atoms with E-state index >= 15 is 0 Å². The number of hydrogen-bond donors (Lipinski definition) is 0. The summed E-state index contributed by atoms with van der Waals surface area (Å²) in [7, 11) is 2.25. The number of nitrogens with zero attached hydrogens (tertiary/aromatic N) is 3. The zero-order valence-electron chi connectivity index (χ0n) is 12.1. The summed E-state index contributed by atoms with van der Waals surface area (Å²) in [6.07, 6.45) is 6.70. The Morgan fingerprint density at radius 3 is 3.00 bits per heavy atom. The number of rotatable bonds is 4. The SMILES string of the molecule is CCCc1cc(C2CCN([C@H]3CCCN3C)C2)on1. The molecule has 4 nitrogen and oxygen atoms in total. The van der Waals surface area contributed by atoms with Crippen LogP contribution in [0, 0.1) is 0 Å². The van der Waals surface area contributed by atoms with Crippen LogP contribution in [0.2, 0.25) is 0 Å². The summed E-state index contributed by atoms with van der Waals surface area (Å²) in [4.78, 5) is 5.12. The van der Waals surface area contributed by atoms with Crippen molar-refractivity contribution in [2.45, 2.75) is 51.1 Å². The van der Waals surface area contributed by atoms with Gasteiger partial charge in [0.25, 0.3) is 0 Å². The van der Waals surface area contributed by atoms with Crippen LogP contribution in [-0.2, 0) is 6.42 Å². The summed E-state index contributed by atoms with van der Waals surface area (Å²) in [5, 5.41) is 4.18. The van der Waals surface area contributed by atoms with Gasteiger partial charge in [0.1, 0.15) is 5.76 Å². The molecule has 1 aromatic heterocycles. The number of aryl methyl sites for hydroxylation is 1. The molecule has 2 atom stereocenters. The fraction of sp³-hybridized carbons (Fsp3) is 0.800. The van der Waals surface area contributed by atoms with E-state index in [1.165, 1.54) is 32.4 Å². The van der Waals surface area contributed by atoms with E-state index < -0.39 is 0 Å². The summed E-state index contributed by atoms with van der Waals surface area (Å²) in [6, 6.07) is 2.18. The van der Waals surface area contributed by atoms with Crippen LogP contribution < -0.4 is 0 Å². The van der Waals surface area contributed by atoms with Gasteiger partial charge < -0.3 is 4.52 Å². The molecule has 1 unspecified atom stereocenters. The predicted octanol–water partition coefficient (Wildman–Crippen LogP) is 2.47. The van der Waals surface area contributed by atoms with Crippen LogP contribution in [0.15, 0.2) is 10.6 Å². The van der Waals surface area contributed by atoms with Crippen LogP contribution >= 0.6 is 0 Å². The van der Waals surface area contributed by atoms with Gasteiger partial charge in [-0.05, 0) is 39.3 Å². The highest BCUT2D eigenvalue weighted by molar-refractivity contribution is 5.12. The molecule has 0 radical (unpaired) electrons. The van der Waals surface area contributed by atoms with Gasteiger partial charge in [-0.2, -0.15) is 0 Å². The van der Waals surface area contributed by atoms with Crippen molar-refractivity contribution in [2.75, 3.05) is 26.7 Å². The Labute approximate surface area is 115 Å². The molecule has 19 heavy (non-hydrogen) atoms. The van der Waals surface area contributed by atoms with Crippen LogP contribution in [0.1, 0.15) is 50.0 Å². The maximum Gasteiger partial charge on any atom is 0.141 e. The summed E-state index contributed by atoms with van der Waals surface area (Å²) in [5.74, 6) is 1.65. The van der Waals surface area contributed by atoms with E-state index in [4.69, 9.17) is 4.52 Å². The van der Waals surface area contributed by atoms with Gasteiger partial charge in [0.05, 0.1) is 11.9 Å². The molecule has 0 amide bonds. The predicted molar refractivity (Wildman–Crippen MR) is 75.1 cm³/mol. The molecule has 0 bridgehead atoms. The average Bonchev–Trinajstić information content (AvgIpc) is 3.08. The molecule has 0 aromatic carbocycles. The second kappa shape index (κ2) is 5.63. The first-order chi connectivity index (χ1) is 9.28. The number of aromatic nitrogens is 1. The first-order valence-electron chi connectivity index (χ1n) is 7.67. The van der Waals surface area contributed by atoms with Crippen molar-refractivity contribution >= 4 is 0 Å². The van der Waals surface area contributed by atoms with Gasteiger partial charge in [-0.25, -0.2) is 0 Å². The molecule has 0 spiro atoms. The van der Waals surface area contributed by atoms with Gasteiger partial charge in [-0.15, -0.1) is 0 Å². The molecular formula is C15H25N3O. The van der Waals surface area contributed by atoms with E-state index in [9.17, 15) is 0 Å². The minimum Gasteiger partial charge on any atom is -0.361 e. The topological polar surface area (TPSA) is 32.5 Å². The Morgan fingerprint density at radius 2 is 2.26 bits per heavy atom. The van der Waals surface area contributed by atoms with Gasteiger partial charge >= 0.3 is 0 Å². The molecule has 0 aliphatic carbocycles. The summed E-state index contributed by atoms with van der Waals surface area (Å²) < 4.78 is 5.55. The fourth-order valence-corrected chi connectivity index (χ4v) is 3.54. The molecule has 3 heterocycles. The van der Waals surface area contributed by atoms with Crippen molar-refractivity contribution in [1.29, 1.82) is 0 Å². The first kappa shape index (κ1) is 13.1. The van der Waals surface area contributed by atoms with Crippen molar-refractivity contribution in [2.24, 2.45) is 0 Å². The van der Waals surface area contributed by atoms with Gasteiger partial charge in [-0.3, -0.25) is 9.80 Å². The zero-order chi connectivity index (χ0) is 13.2. The van der Waals surface area contributed by atoms with Crippen molar-refractivity contribution in [1.82, 2.24) is 15.0 Å². The molecule has 2 fully saturated rings. The number of hydrogen-bond acceptors (Lipinski definition) is 4. The Morgan fingerprint density at radius 1 is 1.37 bits per heavy atom. The maximum atomic E-state index is 5.55. The molecule has 0 N–H and O–H groups in total. The highest BCUT2D eigenvalue weighted by Gasteiger charge is 2.34. The molecule has 1 aromatic rings. The van der Waals surface area contributed by atoms with Crippen LogP contribution in [0.4, 0.5) is 0 Å². The smallest absolute Gasteiger partial charge is 0.141 e. The Bertz CT molecular complexity index is 417. The lowest BCUT2D eigenvalue weighted by Gasteiger charge is -2.29. The van der Waals surface area contributed by atoms with Crippen molar-refractivity contribution in [3.8, 4) is 0 Å². The standard InChI is InChI=1S/C15H25N3O/c1-3-5-13-10-14(19-16-13)12-7-9-18(11-12)15-6-4-8-17(15)2/h10,12,15H,3-9,11H2,1-2H3/t12?,15-/m0/s1. The molecule has 106 valence electrons. The zero-order valence-corrected chi connectivity index (χ0v) is 12.1. The first-order valence-corrected chi connectivity index (χ1v) is 7.67. The van der Waals surface area contributed by atoms with Gasteiger partial charge in [0.15, 0.2) is 0 Å². The van der Waals surface area contributed by atoms with E-state index in [0.717, 1.165) is 30.8 Å². The lowest BCUT2D eigenvalue weighted by Crippen LogP contribution is -2.41. The minimum absolute atomic E-state index is 0.548. The normalized spacial score (nSPS) is 29.4.